The normalized spacial score (nSPS) is 12.6. The van der Waals surface area contributed by atoms with Gasteiger partial charge in [-0.25, -0.2) is 0 Å². The van der Waals surface area contributed by atoms with Crippen molar-refractivity contribution in [3.05, 3.63) is 97.1 Å². The van der Waals surface area contributed by atoms with E-state index in [1.165, 1.54) is 36.4 Å². The number of rotatable bonds is 8. The van der Waals surface area contributed by atoms with Crippen LogP contribution in [0.15, 0.2) is 138 Å². The van der Waals surface area contributed by atoms with Crippen molar-refractivity contribution in [2.24, 2.45) is 30.7 Å². The van der Waals surface area contributed by atoms with Crippen LogP contribution in [0, 0.1) is 0 Å². The van der Waals surface area contributed by atoms with E-state index in [-0.39, 0.29) is 50.1 Å². The molecule has 0 aromatic heterocycles. The van der Waals surface area contributed by atoms with E-state index >= 15 is 0 Å². The van der Waals surface area contributed by atoms with Crippen molar-refractivity contribution < 1.29 is 25.9 Å². The number of nitrogens with zero attached hydrogens (tertiary/aromatic N) is 6. The molecule has 0 aliphatic rings. The molecule has 0 spiro atoms. The van der Waals surface area contributed by atoms with Crippen molar-refractivity contribution in [1.29, 1.82) is 0 Å². The molecule has 0 fully saturated rings. The number of hydrogen-bond donors (Lipinski definition) is 4. The summed E-state index contributed by atoms with van der Waals surface area (Å²) in [7, 11) is -9.13. The van der Waals surface area contributed by atoms with Crippen LogP contribution in [-0.2, 0) is 20.2 Å². The maximum absolute atomic E-state index is 12.3. The van der Waals surface area contributed by atoms with Crippen molar-refractivity contribution >= 4 is 76.5 Å². The Labute approximate surface area is 251 Å². The molecule has 0 saturated carbocycles. The van der Waals surface area contributed by atoms with Gasteiger partial charge in [0.25, 0.3) is 20.2 Å². The Morgan fingerprint density at radius 2 is 1.11 bits per heavy atom. The molecule has 0 aliphatic carbocycles. The predicted molar refractivity (Wildman–Crippen MR) is 164 cm³/mol. The molecule has 5 aromatic rings. The molecule has 5 rings (SSSR count). The summed E-state index contributed by atoms with van der Waals surface area (Å²) < 4.78 is 66.3. The van der Waals surface area contributed by atoms with Crippen LogP contribution in [0.1, 0.15) is 0 Å². The first-order chi connectivity index (χ1) is 20.9. The summed E-state index contributed by atoms with van der Waals surface area (Å²) in [5, 5.41) is 25.7. The van der Waals surface area contributed by atoms with E-state index in [1.54, 1.807) is 42.5 Å². The highest BCUT2D eigenvalue weighted by atomic mass is 32.2. The first-order valence-electron chi connectivity index (χ1n) is 12.5. The van der Waals surface area contributed by atoms with Gasteiger partial charge in [-0.2, -0.15) is 27.1 Å². The Balaban J connectivity index is 1.58. The first-order valence-corrected chi connectivity index (χ1v) is 15.4. The van der Waals surface area contributed by atoms with Crippen molar-refractivity contribution in [2.75, 3.05) is 11.5 Å². The highest BCUT2D eigenvalue weighted by Crippen LogP contribution is 2.42. The molecule has 14 nitrogen and oxygen atoms in total. The Kier molecular flexibility index (Phi) is 8.23. The maximum Gasteiger partial charge on any atom is 0.296 e. The fourth-order valence-electron chi connectivity index (χ4n) is 4.00. The van der Waals surface area contributed by atoms with Gasteiger partial charge in [0.05, 0.1) is 33.3 Å². The highest BCUT2D eigenvalue weighted by Gasteiger charge is 2.20. The molecule has 6 N–H and O–H groups in total. The number of nitrogen functional groups attached to an aromatic ring is 2. The lowest BCUT2D eigenvalue weighted by molar-refractivity contribution is 0.481. The molecule has 0 heterocycles. The van der Waals surface area contributed by atoms with E-state index in [1.807, 2.05) is 6.07 Å². The Bertz CT molecular complexity index is 2190. The summed E-state index contributed by atoms with van der Waals surface area (Å²) in [5.74, 6) is 0. The van der Waals surface area contributed by atoms with Crippen molar-refractivity contribution in [3.8, 4) is 0 Å². The van der Waals surface area contributed by atoms with Crippen molar-refractivity contribution in [2.45, 2.75) is 9.79 Å². The molecule has 44 heavy (non-hydrogen) atoms. The predicted octanol–water partition coefficient (Wildman–Crippen LogP) is 7.74. The molecule has 0 aliphatic heterocycles. The molecule has 0 saturated heterocycles. The standard InChI is InChI=1S/C28H22N8O6S2/c29-21-15-22(30)25(16-24(21)34-32-19-10-12-20(13-11-19)43(37,38)39)35-36-28-26(44(40,41)42)14-9-17-5-4-8-23(27(17)28)33-31-18-6-2-1-3-7-18/h1-16H,29-30H2,(H,37,38,39)(H,40,41,42). The van der Waals surface area contributed by atoms with Crippen LogP contribution in [0.4, 0.5) is 45.5 Å². The van der Waals surface area contributed by atoms with Gasteiger partial charge >= 0.3 is 0 Å². The summed E-state index contributed by atoms with van der Waals surface area (Å²) in [5.41, 5.74) is 13.4. The van der Waals surface area contributed by atoms with E-state index in [9.17, 15) is 21.4 Å². The number of azo groups is 3. The molecule has 5 aromatic carbocycles. The molecule has 0 unspecified atom stereocenters. The number of anilines is 2. The lowest BCUT2D eigenvalue weighted by Crippen LogP contribution is -1.98. The summed E-state index contributed by atoms with van der Waals surface area (Å²) in [6.45, 7) is 0. The summed E-state index contributed by atoms with van der Waals surface area (Å²) in [6.07, 6.45) is 0. The van der Waals surface area contributed by atoms with E-state index in [0.29, 0.717) is 11.1 Å². The van der Waals surface area contributed by atoms with Crippen LogP contribution >= 0.6 is 0 Å². The SMILES string of the molecule is Nc1cc(N)c(N=Nc2c(S(=O)(=O)O)ccc3cccc(N=Nc4ccccc4)c23)cc1N=Nc1ccc(S(=O)(=O)O)cc1. The van der Waals surface area contributed by atoms with Crippen LogP contribution < -0.4 is 11.5 Å². The summed E-state index contributed by atoms with van der Waals surface area (Å²) in [4.78, 5) is -0.827. The zero-order valence-corrected chi connectivity index (χ0v) is 24.1. The third kappa shape index (κ3) is 6.79. The Hall–Kier alpha value is -5.42. The van der Waals surface area contributed by atoms with Gasteiger partial charge in [0.15, 0.2) is 0 Å². The van der Waals surface area contributed by atoms with Crippen LogP contribution in [0.2, 0.25) is 0 Å². The second-order valence-corrected chi connectivity index (χ2v) is 11.9. The number of benzene rings is 5. The average Bonchev–Trinajstić information content (AvgIpc) is 2.98. The first kappa shape index (κ1) is 30.1. The van der Waals surface area contributed by atoms with Crippen LogP contribution in [0.5, 0.6) is 0 Å². The van der Waals surface area contributed by atoms with Crippen molar-refractivity contribution in [3.63, 3.8) is 0 Å². The zero-order chi connectivity index (χ0) is 31.5. The minimum atomic E-state index is -4.75. The maximum atomic E-state index is 12.3. The highest BCUT2D eigenvalue weighted by molar-refractivity contribution is 7.86. The Morgan fingerprint density at radius 1 is 0.523 bits per heavy atom. The second kappa shape index (κ2) is 12.1. The minimum absolute atomic E-state index is 0.0524. The van der Waals surface area contributed by atoms with Gasteiger partial charge in [-0.05, 0) is 66.0 Å². The van der Waals surface area contributed by atoms with Gasteiger partial charge in [0.1, 0.15) is 22.0 Å². The van der Waals surface area contributed by atoms with Gasteiger partial charge in [-0.1, -0.05) is 36.4 Å². The Morgan fingerprint density at radius 3 is 1.73 bits per heavy atom. The lowest BCUT2D eigenvalue weighted by Gasteiger charge is -2.09. The van der Waals surface area contributed by atoms with E-state index in [2.05, 4.69) is 30.7 Å². The monoisotopic (exact) mass is 630 g/mol. The van der Waals surface area contributed by atoms with Gasteiger partial charge in [-0.15, -0.1) is 20.5 Å². The second-order valence-electron chi connectivity index (χ2n) is 9.14. The fraction of sp³-hybridized carbons (Fsp3) is 0. The third-order valence-electron chi connectivity index (χ3n) is 6.11. The van der Waals surface area contributed by atoms with Gasteiger partial charge in [0, 0.05) is 5.39 Å². The van der Waals surface area contributed by atoms with Crippen LogP contribution in [-0.4, -0.2) is 25.9 Å². The zero-order valence-electron chi connectivity index (χ0n) is 22.4. The van der Waals surface area contributed by atoms with E-state index in [4.69, 9.17) is 16.0 Å². The van der Waals surface area contributed by atoms with Crippen LogP contribution in [0.25, 0.3) is 10.8 Å². The molecule has 222 valence electrons. The van der Waals surface area contributed by atoms with E-state index in [0.717, 1.165) is 12.1 Å². The van der Waals surface area contributed by atoms with Gasteiger partial charge in [-0.3, -0.25) is 9.11 Å². The minimum Gasteiger partial charge on any atom is -0.397 e. The largest absolute Gasteiger partial charge is 0.397 e. The number of nitrogens with two attached hydrogens (primary N) is 2. The molecular weight excluding hydrogens is 608 g/mol. The lowest BCUT2D eigenvalue weighted by atomic mass is 10.1. The molecule has 0 bridgehead atoms. The van der Waals surface area contributed by atoms with Crippen LogP contribution in [0.3, 0.4) is 0 Å². The van der Waals surface area contributed by atoms with Crippen molar-refractivity contribution in [1.82, 2.24) is 0 Å². The van der Waals surface area contributed by atoms with Gasteiger partial charge < -0.3 is 11.5 Å². The summed E-state index contributed by atoms with van der Waals surface area (Å²) >= 11 is 0. The quantitative estimate of drug-likeness (QED) is 0.0749. The molecule has 0 amide bonds. The third-order valence-corrected chi connectivity index (χ3v) is 7.86. The number of hydrogen-bond acceptors (Lipinski definition) is 12. The molecule has 16 heteroatoms. The molecular formula is C28H22N8O6S2. The fourth-order valence-corrected chi connectivity index (χ4v) is 5.11. The topological polar surface area (TPSA) is 235 Å². The smallest absolute Gasteiger partial charge is 0.296 e. The van der Waals surface area contributed by atoms with Gasteiger partial charge in [0.2, 0.25) is 0 Å². The average molecular weight is 631 g/mol. The molecule has 0 atom stereocenters. The molecule has 0 radical (unpaired) electrons. The summed E-state index contributed by atoms with van der Waals surface area (Å²) in [6, 6.07) is 24.3. The van der Waals surface area contributed by atoms with E-state index < -0.39 is 25.1 Å². The number of fused-ring (bicyclic) bond motifs is 1.